The molecule has 1 fully saturated rings. The first-order valence-corrected chi connectivity index (χ1v) is 14.2. The Morgan fingerprint density at radius 1 is 0.950 bits per heavy atom. The molecular weight excluding hydrogens is 498 g/mol. The van der Waals surface area contributed by atoms with Crippen LogP contribution in [0.15, 0.2) is 104 Å². The van der Waals surface area contributed by atoms with Gasteiger partial charge in [0.1, 0.15) is 24.5 Å². The van der Waals surface area contributed by atoms with Crippen LogP contribution in [0.3, 0.4) is 0 Å². The van der Waals surface area contributed by atoms with E-state index >= 15 is 0 Å². The molecule has 0 radical (unpaired) electrons. The van der Waals surface area contributed by atoms with Crippen molar-refractivity contribution in [1.82, 2.24) is 14.8 Å². The van der Waals surface area contributed by atoms with Crippen molar-refractivity contribution in [2.45, 2.75) is 50.9 Å². The van der Waals surface area contributed by atoms with E-state index in [0.717, 1.165) is 42.2 Å². The van der Waals surface area contributed by atoms with Crippen molar-refractivity contribution in [3.8, 4) is 0 Å². The van der Waals surface area contributed by atoms with Gasteiger partial charge in [-0.2, -0.15) is 5.10 Å². The lowest BCUT2D eigenvalue weighted by Crippen LogP contribution is -2.49. The highest BCUT2D eigenvalue weighted by Crippen LogP contribution is 2.48. The largest absolute Gasteiger partial charge is 0.381 e. The van der Waals surface area contributed by atoms with E-state index in [-0.39, 0.29) is 23.4 Å². The van der Waals surface area contributed by atoms with Crippen molar-refractivity contribution in [3.05, 3.63) is 120 Å². The van der Waals surface area contributed by atoms with Crippen molar-refractivity contribution >= 4 is 6.29 Å². The Labute approximate surface area is 237 Å². The molecule has 1 aliphatic rings. The summed E-state index contributed by atoms with van der Waals surface area (Å²) in [6.45, 7) is 3.53. The molecule has 0 unspecified atom stereocenters. The van der Waals surface area contributed by atoms with Crippen LogP contribution in [0, 0.1) is 17.3 Å². The minimum Gasteiger partial charge on any atom is -0.381 e. The molecule has 0 saturated heterocycles. The molecule has 0 spiro atoms. The fraction of sp³-hybridized carbons (Fsp3) is 0.382. The van der Waals surface area contributed by atoms with Crippen LogP contribution in [0.4, 0.5) is 0 Å². The molecule has 0 amide bonds. The predicted octanol–water partition coefficient (Wildman–Crippen LogP) is 6.31. The molecule has 1 heterocycles. The minimum atomic E-state index is -0.752. The van der Waals surface area contributed by atoms with Gasteiger partial charge in [0.25, 0.3) is 0 Å². The van der Waals surface area contributed by atoms with Gasteiger partial charge >= 0.3 is 0 Å². The fourth-order valence-electron chi connectivity index (χ4n) is 6.77. The number of ether oxygens (including phenoxy) is 2. The van der Waals surface area contributed by atoms with Crippen molar-refractivity contribution in [2.24, 2.45) is 17.3 Å². The Hall–Kier alpha value is -3.61. The summed E-state index contributed by atoms with van der Waals surface area (Å²) in [6, 6.07) is 31.5. The zero-order chi connectivity index (χ0) is 27.8. The van der Waals surface area contributed by atoms with Gasteiger partial charge in [0.05, 0.1) is 6.10 Å². The number of aromatic nitrogens is 3. The Morgan fingerprint density at radius 3 is 2.00 bits per heavy atom. The van der Waals surface area contributed by atoms with Crippen LogP contribution < -0.4 is 0 Å². The molecule has 0 aliphatic heterocycles. The lowest BCUT2D eigenvalue weighted by Gasteiger charge is -2.49. The van der Waals surface area contributed by atoms with Gasteiger partial charge in [-0.15, -0.1) is 0 Å². The first-order valence-electron chi connectivity index (χ1n) is 14.2. The molecule has 0 bridgehead atoms. The molecule has 4 aromatic rings. The summed E-state index contributed by atoms with van der Waals surface area (Å²) < 4.78 is 15.2. The van der Waals surface area contributed by atoms with Gasteiger partial charge in [-0.1, -0.05) is 97.9 Å². The Bertz CT molecular complexity index is 1220. The van der Waals surface area contributed by atoms with E-state index in [1.54, 1.807) is 19.8 Å². The van der Waals surface area contributed by atoms with Crippen molar-refractivity contribution < 1.29 is 14.3 Å². The minimum absolute atomic E-state index is 0.0430. The third-order valence-electron chi connectivity index (χ3n) is 8.82. The average Bonchev–Trinajstić information content (AvgIpc) is 3.52. The zero-order valence-electron chi connectivity index (χ0n) is 23.4. The Morgan fingerprint density at radius 2 is 1.52 bits per heavy atom. The van der Waals surface area contributed by atoms with Crippen LogP contribution in [-0.4, -0.2) is 40.9 Å². The number of rotatable bonds is 12. The summed E-state index contributed by atoms with van der Waals surface area (Å²) >= 11 is 0. The fourth-order valence-corrected chi connectivity index (χ4v) is 6.77. The number of carbonyl (C=O) groups excluding carboxylic acids is 1. The maximum absolute atomic E-state index is 11.6. The molecule has 40 heavy (non-hydrogen) atoms. The molecule has 5 rings (SSSR count). The van der Waals surface area contributed by atoms with E-state index < -0.39 is 5.60 Å². The SMILES string of the molecule is CO[C@@H]1[C@@H](Cn2cncn2)[C@@H](CC=O)CC[C@@]1(C)CCOC(c1ccccc1)(c1ccccc1)c1ccccc1. The van der Waals surface area contributed by atoms with Gasteiger partial charge in [0, 0.05) is 32.6 Å². The summed E-state index contributed by atoms with van der Waals surface area (Å²) in [5.41, 5.74) is 2.41. The molecular formula is C34H39N3O3. The monoisotopic (exact) mass is 537 g/mol. The highest BCUT2D eigenvalue weighted by atomic mass is 16.5. The van der Waals surface area contributed by atoms with Crippen LogP contribution in [-0.2, 0) is 26.4 Å². The van der Waals surface area contributed by atoms with Gasteiger partial charge in [-0.3, -0.25) is 4.68 Å². The molecule has 208 valence electrons. The van der Waals surface area contributed by atoms with Crippen molar-refractivity contribution in [2.75, 3.05) is 13.7 Å². The number of hydrogen-bond acceptors (Lipinski definition) is 5. The maximum Gasteiger partial charge on any atom is 0.143 e. The lowest BCUT2D eigenvalue weighted by molar-refractivity contribution is -0.124. The number of hydrogen-bond donors (Lipinski definition) is 0. The third kappa shape index (κ3) is 5.65. The summed E-state index contributed by atoms with van der Waals surface area (Å²) in [7, 11) is 1.80. The molecule has 6 heteroatoms. The molecule has 0 N–H and O–H groups in total. The quantitative estimate of drug-likeness (QED) is 0.156. The van der Waals surface area contributed by atoms with Crippen molar-refractivity contribution in [1.29, 1.82) is 0 Å². The Balaban J connectivity index is 1.46. The summed E-state index contributed by atoms with van der Waals surface area (Å²) in [5.74, 6) is 0.399. The predicted molar refractivity (Wildman–Crippen MR) is 156 cm³/mol. The maximum atomic E-state index is 11.6. The molecule has 4 atom stereocenters. The molecule has 1 aromatic heterocycles. The van der Waals surface area contributed by atoms with E-state index in [9.17, 15) is 4.79 Å². The summed E-state index contributed by atoms with van der Waals surface area (Å²) in [5, 5.41) is 4.35. The van der Waals surface area contributed by atoms with Crippen LogP contribution in [0.25, 0.3) is 0 Å². The van der Waals surface area contributed by atoms with Crippen LogP contribution >= 0.6 is 0 Å². The van der Waals surface area contributed by atoms with Gasteiger partial charge in [-0.05, 0) is 47.3 Å². The third-order valence-corrected chi connectivity index (χ3v) is 8.82. The highest BCUT2D eigenvalue weighted by Gasteiger charge is 2.47. The van der Waals surface area contributed by atoms with Crippen LogP contribution in [0.2, 0.25) is 0 Å². The number of benzene rings is 3. The standard InChI is InChI=1S/C34H39N3O3/c1-33(20-18-27(19-22-38)31(32(33)39-2)24-37-26-35-25-36-37)21-23-40-34(28-12-6-3-7-13-28,29-14-8-4-9-15-29)30-16-10-5-11-17-30/h3-17,22,25-27,31-32H,18-21,23-24H2,1-2H3/t27-,31+,32-,33+/m1/s1. The second kappa shape index (κ2) is 12.7. The number of methoxy groups -OCH3 is 1. The van der Waals surface area contributed by atoms with Gasteiger partial charge < -0.3 is 14.3 Å². The second-order valence-corrected chi connectivity index (χ2v) is 11.2. The smallest absolute Gasteiger partial charge is 0.143 e. The molecule has 1 aliphatic carbocycles. The topological polar surface area (TPSA) is 66.2 Å². The number of nitrogens with zero attached hydrogens (tertiary/aromatic N) is 3. The first kappa shape index (κ1) is 27.9. The second-order valence-electron chi connectivity index (χ2n) is 11.2. The van der Waals surface area contributed by atoms with Gasteiger partial charge in [0.2, 0.25) is 0 Å². The van der Waals surface area contributed by atoms with E-state index in [2.05, 4.69) is 89.8 Å². The molecule has 1 saturated carbocycles. The number of aldehydes is 1. The average molecular weight is 538 g/mol. The van der Waals surface area contributed by atoms with Crippen LogP contribution in [0.5, 0.6) is 0 Å². The van der Waals surface area contributed by atoms with E-state index in [4.69, 9.17) is 9.47 Å². The first-order chi connectivity index (χ1) is 19.6. The van der Waals surface area contributed by atoms with E-state index in [1.165, 1.54) is 0 Å². The zero-order valence-corrected chi connectivity index (χ0v) is 23.4. The normalized spacial score (nSPS) is 23.1. The van der Waals surface area contributed by atoms with E-state index in [0.29, 0.717) is 19.6 Å². The van der Waals surface area contributed by atoms with Crippen LogP contribution in [0.1, 0.15) is 49.3 Å². The highest BCUT2D eigenvalue weighted by molar-refractivity contribution is 5.50. The molecule has 6 nitrogen and oxygen atoms in total. The summed E-state index contributed by atoms with van der Waals surface area (Å²) in [6.07, 6.45) is 7.60. The molecule has 3 aromatic carbocycles. The summed E-state index contributed by atoms with van der Waals surface area (Å²) in [4.78, 5) is 15.7. The van der Waals surface area contributed by atoms with E-state index in [1.807, 2.05) is 22.9 Å². The number of carbonyl (C=O) groups is 1. The van der Waals surface area contributed by atoms with Gasteiger partial charge in [0.15, 0.2) is 0 Å². The van der Waals surface area contributed by atoms with Crippen molar-refractivity contribution in [3.63, 3.8) is 0 Å². The van der Waals surface area contributed by atoms with Gasteiger partial charge in [-0.25, -0.2) is 4.98 Å². The lowest BCUT2D eigenvalue weighted by atomic mass is 9.62. The Kier molecular flexibility index (Phi) is 8.88.